The molecule has 3 saturated heterocycles. The molecule has 0 unspecified atom stereocenters. The first-order chi connectivity index (χ1) is 34.8. The van der Waals surface area contributed by atoms with E-state index in [-0.39, 0.29) is 46.6 Å². The maximum Gasteiger partial charge on any atom is 0.293 e. The number of anilines is 6. The molecule has 5 aliphatic heterocycles. The fraction of sp³-hybridized carbons (Fsp3) is 0.455. The van der Waals surface area contributed by atoms with Crippen molar-refractivity contribution in [3.05, 3.63) is 118 Å². The molecular weight excluding hydrogens is 911 g/mol. The van der Waals surface area contributed by atoms with Gasteiger partial charge in [-0.1, -0.05) is 20.4 Å². The minimum Gasteiger partial charge on any atom is -0.392 e. The predicted molar refractivity (Wildman–Crippen MR) is 278 cm³/mol. The molecule has 0 spiro atoms. The monoisotopic (exact) mass is 976 g/mol. The molecule has 3 amide bonds. The lowest BCUT2D eigenvalue weighted by Gasteiger charge is -2.47. The number of rotatable bonds is 11. The molecule has 11 rings (SSSR count). The van der Waals surface area contributed by atoms with Gasteiger partial charge in [0, 0.05) is 137 Å². The van der Waals surface area contributed by atoms with Gasteiger partial charge in [0.1, 0.15) is 11.5 Å². The molecular formula is C55H65N11O6. The summed E-state index contributed by atoms with van der Waals surface area (Å²) in [5.41, 5.74) is 9.39. The Balaban J connectivity index is 0.770. The smallest absolute Gasteiger partial charge is 0.293 e. The molecule has 6 aliphatic rings. The van der Waals surface area contributed by atoms with Crippen LogP contribution in [0.5, 0.6) is 0 Å². The summed E-state index contributed by atoms with van der Waals surface area (Å²) in [6, 6.07) is 16.6. The van der Waals surface area contributed by atoms with Crippen molar-refractivity contribution in [2.75, 3.05) is 77.8 Å². The van der Waals surface area contributed by atoms with Gasteiger partial charge in [-0.25, -0.2) is 9.97 Å². The zero-order valence-corrected chi connectivity index (χ0v) is 41.8. The highest BCUT2D eigenvalue weighted by Gasteiger charge is 2.39. The van der Waals surface area contributed by atoms with Crippen molar-refractivity contribution in [1.29, 1.82) is 0 Å². The molecule has 0 bridgehead atoms. The summed E-state index contributed by atoms with van der Waals surface area (Å²) in [6.07, 6.45) is 10.2. The summed E-state index contributed by atoms with van der Waals surface area (Å²) in [4.78, 5) is 74.5. The van der Waals surface area contributed by atoms with E-state index in [4.69, 9.17) is 9.72 Å². The molecule has 3 aromatic heterocycles. The molecule has 376 valence electrons. The van der Waals surface area contributed by atoms with Crippen LogP contribution in [0.15, 0.2) is 78.4 Å². The van der Waals surface area contributed by atoms with E-state index in [1.165, 1.54) is 27.6 Å². The van der Waals surface area contributed by atoms with Gasteiger partial charge in [0.25, 0.3) is 17.4 Å². The molecule has 3 N–H and O–H groups in total. The van der Waals surface area contributed by atoms with E-state index in [9.17, 15) is 24.3 Å². The van der Waals surface area contributed by atoms with Crippen molar-refractivity contribution in [3.8, 4) is 11.3 Å². The van der Waals surface area contributed by atoms with Gasteiger partial charge in [-0.2, -0.15) is 0 Å². The van der Waals surface area contributed by atoms with Crippen LogP contribution in [0.25, 0.3) is 11.3 Å². The number of nitrogens with zero attached hydrogens (tertiary/aromatic N) is 9. The Bertz CT molecular complexity index is 3040. The summed E-state index contributed by atoms with van der Waals surface area (Å²) < 4.78 is 9.14. The van der Waals surface area contributed by atoms with Crippen LogP contribution < -0.4 is 30.9 Å². The number of hydrogen-bond acceptors (Lipinski definition) is 12. The number of fused-ring (bicyclic) bond motifs is 4. The summed E-state index contributed by atoms with van der Waals surface area (Å²) in [7, 11) is 1.64. The lowest BCUT2D eigenvalue weighted by atomic mass is 9.90. The Morgan fingerprint density at radius 2 is 1.69 bits per heavy atom. The van der Waals surface area contributed by atoms with Crippen LogP contribution in [0.1, 0.15) is 89.7 Å². The number of aliphatic hydroxyl groups is 1. The van der Waals surface area contributed by atoms with E-state index < -0.39 is 6.61 Å². The number of carbonyl (C=O) groups is 3. The average Bonchev–Trinajstić information content (AvgIpc) is 4.01. The highest BCUT2D eigenvalue weighted by Crippen LogP contribution is 2.41. The topological polar surface area (TPSA) is 174 Å². The zero-order chi connectivity index (χ0) is 50.0. The number of aryl methyl sites for hydroxylation is 1. The van der Waals surface area contributed by atoms with Crippen molar-refractivity contribution in [2.45, 2.75) is 97.1 Å². The van der Waals surface area contributed by atoms with E-state index in [0.717, 1.165) is 88.1 Å². The standard InChI is InChI=1S/C55H65N11O6/c1-6-49(68)58-44-27-37(57-50-54(71)60(5)32-45(59-50)42-11-16-56-51(43(42)33-67)65-22-21-64-47(53(65)70)26-35-28-55(3,4)29-48(35)64)7-10-46(44)63-20-19-62(30-34(63)2)38-12-17-61(18-13-38)40-8-9-41-36(25-40)31-66(52(41)69)39-14-23-72-24-15-39/h6-11,16,25-27,32,34,38-39,67H,1,12-15,17-24,28-31,33H2,2-5H3,(H,57,59)(H,58,68)/t34-/m0/s1. The Hall–Kier alpha value is -6.82. The van der Waals surface area contributed by atoms with Crippen LogP contribution in [-0.2, 0) is 49.1 Å². The second-order valence-electron chi connectivity index (χ2n) is 21.3. The second-order valence-corrected chi connectivity index (χ2v) is 21.3. The van der Waals surface area contributed by atoms with Gasteiger partial charge < -0.3 is 44.3 Å². The third-order valence-electron chi connectivity index (χ3n) is 16.0. The number of carbonyl (C=O) groups excluding carboxylic acids is 3. The zero-order valence-electron chi connectivity index (χ0n) is 41.8. The molecule has 8 heterocycles. The number of pyridine rings is 1. The van der Waals surface area contributed by atoms with Crippen molar-refractivity contribution in [1.82, 2.24) is 28.9 Å². The van der Waals surface area contributed by atoms with Crippen molar-refractivity contribution in [3.63, 3.8) is 0 Å². The molecule has 3 fully saturated rings. The Kier molecular flexibility index (Phi) is 12.5. The van der Waals surface area contributed by atoms with Gasteiger partial charge in [-0.05, 0) is 117 Å². The van der Waals surface area contributed by atoms with Gasteiger partial charge in [0.05, 0.1) is 23.7 Å². The summed E-state index contributed by atoms with van der Waals surface area (Å²) in [5, 5.41) is 17.1. The first kappa shape index (κ1) is 47.5. The molecule has 2 aromatic carbocycles. The number of aliphatic hydroxyl groups excluding tert-OH is 1. The number of hydrogen-bond donors (Lipinski definition) is 3. The van der Waals surface area contributed by atoms with Gasteiger partial charge in [0.2, 0.25) is 5.91 Å². The largest absolute Gasteiger partial charge is 0.392 e. The minimum absolute atomic E-state index is 0.0480. The SMILES string of the molecule is C=CC(=O)Nc1cc(Nc2nc(-c3ccnc(N4CCn5c(cc6c5CC(C)(C)C6)C4=O)c3CO)cn(C)c2=O)ccc1N1CCN(C2CCN(c3ccc4c(c3)CN(C3CCOCC3)C4=O)CC2)C[C@@H]1C. The van der Waals surface area contributed by atoms with Crippen LogP contribution in [-0.4, -0.2) is 122 Å². The van der Waals surface area contributed by atoms with Crippen molar-refractivity contribution < 1.29 is 24.2 Å². The van der Waals surface area contributed by atoms with Gasteiger partial charge in [-0.15, -0.1) is 0 Å². The third kappa shape index (κ3) is 8.74. The lowest BCUT2D eigenvalue weighted by molar-refractivity contribution is -0.111. The summed E-state index contributed by atoms with van der Waals surface area (Å²) in [5.74, 6) is 0.0426. The molecule has 17 nitrogen and oxygen atoms in total. The predicted octanol–water partition coefficient (Wildman–Crippen LogP) is 6.10. The number of benzene rings is 2. The first-order valence-electron chi connectivity index (χ1n) is 25.6. The number of aromatic nitrogens is 4. The summed E-state index contributed by atoms with van der Waals surface area (Å²) >= 11 is 0. The number of nitrogens with one attached hydrogen (secondary N) is 2. The number of ether oxygens (including phenoxy) is 1. The second kappa shape index (κ2) is 19.0. The molecule has 0 radical (unpaired) electrons. The van der Waals surface area contributed by atoms with E-state index in [1.54, 1.807) is 30.4 Å². The number of piperidine rings is 1. The number of piperazine rings is 1. The van der Waals surface area contributed by atoms with Crippen LogP contribution in [0, 0.1) is 5.41 Å². The third-order valence-corrected chi connectivity index (χ3v) is 16.0. The van der Waals surface area contributed by atoms with Crippen LogP contribution in [0.2, 0.25) is 0 Å². The van der Waals surface area contributed by atoms with E-state index in [2.05, 4.69) is 74.4 Å². The highest BCUT2D eigenvalue weighted by atomic mass is 16.5. The number of amides is 3. The molecule has 5 aromatic rings. The fourth-order valence-corrected chi connectivity index (χ4v) is 12.3. The van der Waals surface area contributed by atoms with Gasteiger partial charge in [0.15, 0.2) is 5.82 Å². The van der Waals surface area contributed by atoms with Crippen LogP contribution >= 0.6 is 0 Å². The highest BCUT2D eigenvalue weighted by molar-refractivity contribution is 6.06. The van der Waals surface area contributed by atoms with Crippen molar-refractivity contribution >= 4 is 52.1 Å². The Morgan fingerprint density at radius 1 is 0.889 bits per heavy atom. The lowest BCUT2D eigenvalue weighted by Crippen LogP contribution is -2.57. The maximum absolute atomic E-state index is 14.1. The molecule has 72 heavy (non-hydrogen) atoms. The molecule has 17 heteroatoms. The van der Waals surface area contributed by atoms with Crippen LogP contribution in [0.4, 0.5) is 34.4 Å². The molecule has 1 atom stereocenters. The Labute approximate surface area is 420 Å². The van der Waals surface area contributed by atoms with Gasteiger partial charge in [-0.3, -0.25) is 29.0 Å². The fourth-order valence-electron chi connectivity index (χ4n) is 12.3. The van der Waals surface area contributed by atoms with E-state index in [1.807, 2.05) is 35.2 Å². The van der Waals surface area contributed by atoms with E-state index >= 15 is 0 Å². The minimum atomic E-state index is -0.404. The molecule has 1 aliphatic carbocycles. The van der Waals surface area contributed by atoms with E-state index in [0.29, 0.717) is 78.6 Å². The Morgan fingerprint density at radius 3 is 2.46 bits per heavy atom. The van der Waals surface area contributed by atoms with Crippen LogP contribution in [0.3, 0.4) is 0 Å². The molecule has 0 saturated carbocycles. The average molecular weight is 976 g/mol. The first-order valence-corrected chi connectivity index (χ1v) is 25.6. The maximum atomic E-state index is 14.1. The van der Waals surface area contributed by atoms with Crippen molar-refractivity contribution in [2.24, 2.45) is 12.5 Å². The van der Waals surface area contributed by atoms with Gasteiger partial charge >= 0.3 is 0 Å². The quantitative estimate of drug-likeness (QED) is 0.130. The normalized spacial score (nSPS) is 20.4. The summed E-state index contributed by atoms with van der Waals surface area (Å²) in [6.45, 7) is 17.5.